The van der Waals surface area contributed by atoms with E-state index < -0.39 is 0 Å². The highest BCUT2D eigenvalue weighted by atomic mass is 32.1. The average molecular weight is 310 g/mol. The zero-order chi connectivity index (χ0) is 15.4. The van der Waals surface area contributed by atoms with Gasteiger partial charge in [0.05, 0.1) is 10.4 Å². The van der Waals surface area contributed by atoms with Crippen LogP contribution in [0.3, 0.4) is 0 Å². The van der Waals surface area contributed by atoms with Crippen molar-refractivity contribution in [3.8, 4) is 6.07 Å². The summed E-state index contributed by atoms with van der Waals surface area (Å²) in [7, 11) is 0. The van der Waals surface area contributed by atoms with Crippen LogP contribution in [-0.2, 0) is 0 Å². The molecule has 0 radical (unpaired) electrons. The second kappa shape index (κ2) is 6.76. The third-order valence-corrected chi connectivity index (χ3v) is 5.21. The van der Waals surface area contributed by atoms with Gasteiger partial charge in [-0.2, -0.15) is 5.26 Å². The van der Waals surface area contributed by atoms with Gasteiger partial charge >= 0.3 is 0 Å². The molecule has 4 heteroatoms. The number of thiophene rings is 1. The predicted molar refractivity (Wildman–Crippen MR) is 87.9 cm³/mol. The Hall–Kier alpha value is -2.12. The first-order chi connectivity index (χ1) is 10.8. The molecule has 1 aromatic heterocycles. The lowest BCUT2D eigenvalue weighted by Crippen LogP contribution is -2.37. The van der Waals surface area contributed by atoms with Crippen molar-refractivity contribution in [2.45, 2.75) is 37.6 Å². The Morgan fingerprint density at radius 3 is 2.55 bits per heavy atom. The molecule has 22 heavy (non-hydrogen) atoms. The van der Waals surface area contributed by atoms with Crippen molar-refractivity contribution in [2.75, 3.05) is 0 Å². The second-order valence-electron chi connectivity index (χ2n) is 5.74. The van der Waals surface area contributed by atoms with Crippen molar-refractivity contribution in [3.63, 3.8) is 0 Å². The highest BCUT2D eigenvalue weighted by Crippen LogP contribution is 2.32. The van der Waals surface area contributed by atoms with Crippen LogP contribution in [-0.4, -0.2) is 11.9 Å². The summed E-state index contributed by atoms with van der Waals surface area (Å²) in [5, 5.41) is 13.6. The standard InChI is InChI=1S/C18H18N2OS/c19-11-13-10-17(22-12-13)18(21)20-16-8-6-15(7-9-16)14-4-2-1-3-5-14/h1-5,10,12,15-16H,6-9H2,(H,20,21). The number of benzene rings is 1. The van der Waals surface area contributed by atoms with Gasteiger partial charge in [-0.25, -0.2) is 0 Å². The number of carbonyl (C=O) groups is 1. The fourth-order valence-corrected chi connectivity index (χ4v) is 3.80. The van der Waals surface area contributed by atoms with E-state index in [0.29, 0.717) is 16.4 Å². The molecule has 112 valence electrons. The third-order valence-electron chi connectivity index (χ3n) is 4.29. The lowest BCUT2D eigenvalue weighted by molar-refractivity contribution is 0.0930. The molecule has 1 aliphatic carbocycles. The molecule has 0 atom stereocenters. The first-order valence-corrected chi connectivity index (χ1v) is 8.48. The molecule has 1 N–H and O–H groups in total. The molecular weight excluding hydrogens is 292 g/mol. The molecule has 0 spiro atoms. The molecule has 1 amide bonds. The summed E-state index contributed by atoms with van der Waals surface area (Å²) in [5.41, 5.74) is 1.96. The summed E-state index contributed by atoms with van der Waals surface area (Å²) in [6.07, 6.45) is 4.26. The van der Waals surface area contributed by atoms with Crippen LogP contribution in [0.4, 0.5) is 0 Å². The van der Waals surface area contributed by atoms with Gasteiger partial charge in [0.1, 0.15) is 6.07 Å². The molecule has 1 aliphatic rings. The number of carbonyl (C=O) groups excluding carboxylic acids is 1. The van der Waals surface area contributed by atoms with Gasteiger partial charge in [0.15, 0.2) is 0 Å². The van der Waals surface area contributed by atoms with Crippen LogP contribution in [0, 0.1) is 11.3 Å². The van der Waals surface area contributed by atoms with Gasteiger partial charge in [0.25, 0.3) is 5.91 Å². The Kier molecular flexibility index (Phi) is 4.55. The van der Waals surface area contributed by atoms with Crippen molar-refractivity contribution in [2.24, 2.45) is 0 Å². The van der Waals surface area contributed by atoms with E-state index in [-0.39, 0.29) is 11.9 Å². The summed E-state index contributed by atoms with van der Waals surface area (Å²) in [5.74, 6) is 0.566. The number of nitriles is 1. The maximum absolute atomic E-state index is 12.2. The normalized spacial score (nSPS) is 21.0. The van der Waals surface area contributed by atoms with Crippen LogP contribution in [0.2, 0.25) is 0 Å². The van der Waals surface area contributed by atoms with E-state index in [2.05, 4.69) is 35.7 Å². The van der Waals surface area contributed by atoms with Crippen LogP contribution >= 0.6 is 11.3 Å². The van der Waals surface area contributed by atoms with Crippen molar-refractivity contribution >= 4 is 17.2 Å². The Morgan fingerprint density at radius 2 is 1.91 bits per heavy atom. The summed E-state index contributed by atoms with van der Waals surface area (Å²) >= 11 is 1.33. The molecule has 1 saturated carbocycles. The fourth-order valence-electron chi connectivity index (χ4n) is 3.07. The van der Waals surface area contributed by atoms with Crippen LogP contribution in [0.5, 0.6) is 0 Å². The van der Waals surface area contributed by atoms with Gasteiger partial charge in [-0.05, 0) is 43.2 Å². The zero-order valence-corrected chi connectivity index (χ0v) is 13.1. The lowest BCUT2D eigenvalue weighted by Gasteiger charge is -2.29. The molecule has 1 heterocycles. The first kappa shape index (κ1) is 14.8. The van der Waals surface area contributed by atoms with Crippen molar-refractivity contribution in [3.05, 3.63) is 57.8 Å². The SMILES string of the molecule is N#Cc1csc(C(=O)NC2CCC(c3ccccc3)CC2)c1. The smallest absolute Gasteiger partial charge is 0.261 e. The van der Waals surface area contributed by atoms with Crippen LogP contribution in [0.1, 0.15) is 52.4 Å². The van der Waals surface area contributed by atoms with Crippen LogP contribution in [0.15, 0.2) is 41.8 Å². The predicted octanol–water partition coefficient (Wildman–Crippen LogP) is 4.08. The molecule has 3 nitrogen and oxygen atoms in total. The van der Waals surface area contributed by atoms with Gasteiger partial charge < -0.3 is 5.32 Å². The molecular formula is C18H18N2OS. The number of rotatable bonds is 3. The Bertz CT molecular complexity index is 679. The van der Waals surface area contributed by atoms with Crippen molar-refractivity contribution < 1.29 is 4.79 Å². The fraction of sp³-hybridized carbons (Fsp3) is 0.333. The van der Waals surface area contributed by atoms with E-state index in [0.717, 1.165) is 25.7 Å². The Morgan fingerprint density at radius 1 is 1.18 bits per heavy atom. The quantitative estimate of drug-likeness (QED) is 0.929. The van der Waals surface area contributed by atoms with Crippen molar-refractivity contribution in [1.29, 1.82) is 5.26 Å². The van der Waals surface area contributed by atoms with Gasteiger partial charge in [0, 0.05) is 11.4 Å². The molecule has 1 aromatic carbocycles. The highest BCUT2D eigenvalue weighted by molar-refractivity contribution is 7.12. The van der Waals surface area contributed by atoms with Gasteiger partial charge in [-0.1, -0.05) is 30.3 Å². The largest absolute Gasteiger partial charge is 0.349 e. The Labute approximate surface area is 134 Å². The van der Waals surface area contributed by atoms with E-state index in [1.54, 1.807) is 11.4 Å². The van der Waals surface area contributed by atoms with Gasteiger partial charge in [-0.15, -0.1) is 11.3 Å². The average Bonchev–Trinajstić information content (AvgIpc) is 3.06. The Balaban J connectivity index is 1.54. The summed E-state index contributed by atoms with van der Waals surface area (Å²) < 4.78 is 0. The van der Waals surface area contributed by atoms with Crippen LogP contribution in [0.25, 0.3) is 0 Å². The minimum Gasteiger partial charge on any atom is -0.349 e. The molecule has 3 rings (SSSR count). The molecule has 0 bridgehead atoms. The maximum Gasteiger partial charge on any atom is 0.261 e. The van der Waals surface area contributed by atoms with Gasteiger partial charge in [0.2, 0.25) is 0 Å². The molecule has 1 fully saturated rings. The van der Waals surface area contributed by atoms with Crippen molar-refractivity contribution in [1.82, 2.24) is 5.32 Å². The molecule has 0 unspecified atom stereocenters. The van der Waals surface area contributed by atoms with E-state index in [1.165, 1.54) is 16.9 Å². The van der Waals surface area contributed by atoms with E-state index >= 15 is 0 Å². The van der Waals surface area contributed by atoms with Gasteiger partial charge in [-0.3, -0.25) is 4.79 Å². The highest BCUT2D eigenvalue weighted by Gasteiger charge is 2.24. The summed E-state index contributed by atoms with van der Waals surface area (Å²) in [6.45, 7) is 0. The zero-order valence-electron chi connectivity index (χ0n) is 12.3. The number of amides is 1. The van der Waals surface area contributed by atoms with E-state index in [1.807, 2.05) is 6.07 Å². The number of hydrogen-bond acceptors (Lipinski definition) is 3. The monoisotopic (exact) mass is 310 g/mol. The minimum atomic E-state index is -0.0466. The van der Waals surface area contributed by atoms with Crippen LogP contribution < -0.4 is 5.32 Å². The number of nitrogens with one attached hydrogen (secondary N) is 1. The second-order valence-corrected chi connectivity index (χ2v) is 6.66. The maximum atomic E-state index is 12.2. The summed E-state index contributed by atoms with van der Waals surface area (Å²) in [4.78, 5) is 12.8. The number of nitrogens with zero attached hydrogens (tertiary/aromatic N) is 1. The van der Waals surface area contributed by atoms with E-state index in [9.17, 15) is 4.79 Å². The number of hydrogen-bond donors (Lipinski definition) is 1. The first-order valence-electron chi connectivity index (χ1n) is 7.60. The molecule has 2 aromatic rings. The third kappa shape index (κ3) is 3.37. The lowest BCUT2D eigenvalue weighted by atomic mass is 9.82. The minimum absolute atomic E-state index is 0.0466. The topological polar surface area (TPSA) is 52.9 Å². The molecule has 0 saturated heterocycles. The summed E-state index contributed by atoms with van der Waals surface area (Å²) in [6, 6.07) is 14.6. The van der Waals surface area contributed by atoms with E-state index in [4.69, 9.17) is 5.26 Å². The molecule has 0 aliphatic heterocycles.